The fourth-order valence-electron chi connectivity index (χ4n) is 4.90. The van der Waals surface area contributed by atoms with Crippen molar-refractivity contribution in [2.45, 2.75) is 33.6 Å². The van der Waals surface area contributed by atoms with E-state index in [-0.39, 0.29) is 5.69 Å². The molecule has 7 heteroatoms. The van der Waals surface area contributed by atoms with Crippen molar-refractivity contribution in [3.8, 4) is 11.3 Å². The summed E-state index contributed by atoms with van der Waals surface area (Å²) in [4.78, 5) is 16.3. The second-order valence-electron chi connectivity index (χ2n) is 9.43. The highest BCUT2D eigenvalue weighted by Gasteiger charge is 2.50. The highest BCUT2D eigenvalue weighted by molar-refractivity contribution is 7.07. The van der Waals surface area contributed by atoms with Crippen LogP contribution in [0.1, 0.15) is 32.3 Å². The number of hydrogen-bond acceptors (Lipinski definition) is 5. The summed E-state index contributed by atoms with van der Waals surface area (Å²) >= 11 is 1.43. The Hall–Kier alpha value is -3.32. The zero-order chi connectivity index (χ0) is 23.2. The summed E-state index contributed by atoms with van der Waals surface area (Å²) in [6.07, 6.45) is 6.59. The third-order valence-electron chi connectivity index (χ3n) is 7.16. The van der Waals surface area contributed by atoms with Gasteiger partial charge in [0, 0.05) is 17.0 Å². The van der Waals surface area contributed by atoms with Gasteiger partial charge >= 0.3 is 0 Å². The van der Waals surface area contributed by atoms with Crippen molar-refractivity contribution in [3.63, 3.8) is 0 Å². The molecule has 6 nitrogen and oxygen atoms in total. The Morgan fingerprint density at radius 1 is 1.18 bits per heavy atom. The molecule has 0 spiro atoms. The molecule has 33 heavy (non-hydrogen) atoms. The molecule has 0 saturated heterocycles. The van der Waals surface area contributed by atoms with Gasteiger partial charge in [0.15, 0.2) is 0 Å². The van der Waals surface area contributed by atoms with Gasteiger partial charge in [0.1, 0.15) is 5.69 Å². The molecule has 2 aromatic carbocycles. The lowest BCUT2D eigenvalue weighted by molar-refractivity contribution is -0.384. The first-order valence-electron chi connectivity index (χ1n) is 11.1. The highest BCUT2D eigenvalue weighted by Crippen LogP contribution is 2.58. The van der Waals surface area contributed by atoms with Gasteiger partial charge in [0.05, 0.1) is 16.8 Å². The number of nitro groups is 1. The van der Waals surface area contributed by atoms with Crippen molar-refractivity contribution in [1.82, 2.24) is 4.68 Å². The minimum absolute atomic E-state index is 0.0180. The fraction of sp³-hybridized carbons (Fsp3) is 0.308. The first-order valence-corrected chi connectivity index (χ1v) is 12.0. The van der Waals surface area contributed by atoms with Gasteiger partial charge in [-0.3, -0.25) is 10.1 Å². The van der Waals surface area contributed by atoms with Gasteiger partial charge in [-0.1, -0.05) is 61.9 Å². The molecular formula is C26H26N4O2S. The van der Waals surface area contributed by atoms with E-state index >= 15 is 0 Å². The quantitative estimate of drug-likeness (QED) is 0.249. The van der Waals surface area contributed by atoms with E-state index in [1.807, 2.05) is 16.3 Å². The maximum atomic E-state index is 11.5. The van der Waals surface area contributed by atoms with Crippen LogP contribution < -0.4 is 4.80 Å². The molecule has 0 radical (unpaired) electrons. The zero-order valence-electron chi connectivity index (χ0n) is 18.9. The van der Waals surface area contributed by atoms with Crippen molar-refractivity contribution < 1.29 is 4.92 Å². The molecule has 2 atom stereocenters. The minimum atomic E-state index is -0.400. The lowest BCUT2D eigenvalue weighted by atomic mass is 9.49. The van der Waals surface area contributed by atoms with Crippen LogP contribution in [0.3, 0.4) is 0 Å². The van der Waals surface area contributed by atoms with Crippen molar-refractivity contribution in [3.05, 3.63) is 86.0 Å². The molecule has 0 N–H and O–H groups in total. The van der Waals surface area contributed by atoms with E-state index in [1.165, 1.54) is 35.0 Å². The molecule has 3 aromatic rings. The second-order valence-corrected chi connectivity index (χ2v) is 10.3. The van der Waals surface area contributed by atoms with Crippen LogP contribution in [0, 0.1) is 34.3 Å². The summed E-state index contributed by atoms with van der Waals surface area (Å²) in [5.41, 5.74) is 5.01. The molecule has 2 unspecified atom stereocenters. The molecule has 1 saturated carbocycles. The van der Waals surface area contributed by atoms with E-state index in [0.29, 0.717) is 21.8 Å². The summed E-state index contributed by atoms with van der Waals surface area (Å²) in [6, 6.07) is 14.8. The van der Waals surface area contributed by atoms with Gasteiger partial charge in [0.2, 0.25) is 4.80 Å². The van der Waals surface area contributed by atoms with Crippen molar-refractivity contribution in [1.29, 1.82) is 0 Å². The SMILES string of the molecule is Cc1ccc(-c2csc(=Nc3ccccc3[N+](=O)[O-])n2N=CC2=CCC3CC2C3(C)C)cc1. The molecule has 1 fully saturated rings. The second kappa shape index (κ2) is 8.23. The average molecular weight is 459 g/mol. The summed E-state index contributed by atoms with van der Waals surface area (Å²) in [6.45, 7) is 6.75. The van der Waals surface area contributed by atoms with Crippen LogP contribution in [-0.2, 0) is 0 Å². The lowest BCUT2D eigenvalue weighted by Crippen LogP contribution is -2.48. The number of aryl methyl sites for hydroxylation is 1. The number of para-hydroxylation sites is 2. The molecule has 1 aromatic heterocycles. The van der Waals surface area contributed by atoms with Gasteiger partial charge in [0.25, 0.3) is 5.69 Å². The molecule has 0 aliphatic heterocycles. The topological polar surface area (TPSA) is 72.8 Å². The van der Waals surface area contributed by atoms with E-state index in [4.69, 9.17) is 5.10 Å². The van der Waals surface area contributed by atoms with Crippen LogP contribution in [0.4, 0.5) is 11.4 Å². The number of hydrogen-bond donors (Lipinski definition) is 0. The first kappa shape index (κ1) is 21.5. The average Bonchev–Trinajstić information content (AvgIpc) is 3.20. The zero-order valence-corrected chi connectivity index (χ0v) is 19.7. The number of allylic oxidation sites excluding steroid dienone is 2. The third-order valence-corrected chi connectivity index (χ3v) is 7.98. The molecule has 3 aliphatic rings. The summed E-state index contributed by atoms with van der Waals surface area (Å²) < 4.78 is 1.81. The fourth-order valence-corrected chi connectivity index (χ4v) is 5.75. The molecule has 3 aliphatic carbocycles. The number of rotatable bonds is 5. The number of thiazole rings is 1. The molecule has 2 bridgehead atoms. The van der Waals surface area contributed by atoms with Gasteiger partial charge < -0.3 is 0 Å². The smallest absolute Gasteiger partial charge is 0.258 e. The Balaban J connectivity index is 1.62. The van der Waals surface area contributed by atoms with Crippen LogP contribution in [0.5, 0.6) is 0 Å². The van der Waals surface area contributed by atoms with Gasteiger partial charge in [-0.25, -0.2) is 9.67 Å². The van der Waals surface area contributed by atoms with Gasteiger partial charge in [-0.2, -0.15) is 5.10 Å². The van der Waals surface area contributed by atoms with Crippen LogP contribution >= 0.6 is 11.3 Å². The maximum absolute atomic E-state index is 11.5. The van der Waals surface area contributed by atoms with E-state index in [2.05, 4.69) is 56.1 Å². The maximum Gasteiger partial charge on any atom is 0.294 e. The number of fused-ring (bicyclic) bond motifs is 1. The van der Waals surface area contributed by atoms with E-state index in [0.717, 1.165) is 23.6 Å². The predicted molar refractivity (Wildman–Crippen MR) is 133 cm³/mol. The predicted octanol–water partition coefficient (Wildman–Crippen LogP) is 6.49. The van der Waals surface area contributed by atoms with E-state index in [1.54, 1.807) is 18.2 Å². The van der Waals surface area contributed by atoms with Gasteiger partial charge in [-0.15, -0.1) is 11.3 Å². The Kier molecular flexibility index (Phi) is 5.37. The number of benzene rings is 2. The van der Waals surface area contributed by atoms with Crippen LogP contribution in [-0.4, -0.2) is 15.8 Å². The van der Waals surface area contributed by atoms with Crippen LogP contribution in [0.2, 0.25) is 0 Å². The Morgan fingerprint density at radius 2 is 1.94 bits per heavy atom. The van der Waals surface area contributed by atoms with E-state index in [9.17, 15) is 10.1 Å². The van der Waals surface area contributed by atoms with E-state index < -0.39 is 4.92 Å². The van der Waals surface area contributed by atoms with Crippen LogP contribution in [0.15, 0.2) is 75.7 Å². The Labute approximate surface area is 196 Å². The molecule has 168 valence electrons. The Bertz CT molecular complexity index is 1350. The van der Waals surface area contributed by atoms with Crippen molar-refractivity contribution in [2.24, 2.45) is 27.3 Å². The summed E-state index contributed by atoms with van der Waals surface area (Å²) in [7, 11) is 0. The minimum Gasteiger partial charge on any atom is -0.258 e. The van der Waals surface area contributed by atoms with Crippen LogP contribution in [0.25, 0.3) is 11.3 Å². The molecule has 6 rings (SSSR count). The van der Waals surface area contributed by atoms with Crippen molar-refractivity contribution in [2.75, 3.05) is 0 Å². The molecule has 1 heterocycles. The molecular weight excluding hydrogens is 432 g/mol. The number of aromatic nitrogens is 1. The van der Waals surface area contributed by atoms with Gasteiger partial charge in [-0.05, 0) is 48.7 Å². The summed E-state index contributed by atoms with van der Waals surface area (Å²) in [5.74, 6) is 1.29. The summed E-state index contributed by atoms with van der Waals surface area (Å²) in [5, 5.41) is 18.4. The number of nitrogens with zero attached hydrogens (tertiary/aromatic N) is 4. The third kappa shape index (κ3) is 3.86. The molecule has 0 amide bonds. The lowest BCUT2D eigenvalue weighted by Gasteiger charge is -2.55. The standard InChI is InChI=1S/C26H26N4O2S/c1-17-8-10-18(11-9-17)24-16-33-25(28-22-6-4-5-7-23(22)30(31)32)29(24)27-15-19-12-13-20-14-21(19)26(20,2)3/h4-12,15-16,20-21H,13-14H2,1-3H3. The normalized spacial score (nSPS) is 21.7. The highest BCUT2D eigenvalue weighted by atomic mass is 32.1. The monoisotopic (exact) mass is 458 g/mol. The largest absolute Gasteiger partial charge is 0.294 e. The number of nitro benzene ring substituents is 1. The van der Waals surface area contributed by atoms with Crippen molar-refractivity contribution >= 4 is 28.9 Å². The Morgan fingerprint density at radius 3 is 2.64 bits per heavy atom. The first-order chi connectivity index (χ1) is 15.8.